The van der Waals surface area contributed by atoms with Gasteiger partial charge in [-0.1, -0.05) is 12.1 Å². The number of anilines is 2. The molecule has 0 saturated heterocycles. The number of rotatable bonds is 5. The zero-order chi connectivity index (χ0) is 16.2. The second kappa shape index (κ2) is 6.50. The predicted octanol–water partition coefficient (Wildman–Crippen LogP) is 3.65. The molecule has 22 heavy (non-hydrogen) atoms. The van der Waals surface area contributed by atoms with Crippen LogP contribution in [0.15, 0.2) is 30.5 Å². The van der Waals surface area contributed by atoms with Crippen LogP contribution in [0.5, 0.6) is 11.6 Å². The fourth-order valence-corrected chi connectivity index (χ4v) is 1.74. The Morgan fingerprint density at radius 1 is 1.23 bits per heavy atom. The Morgan fingerprint density at radius 2 is 1.95 bits per heavy atom. The molecule has 0 aliphatic carbocycles. The lowest BCUT2D eigenvalue weighted by Gasteiger charge is -2.14. The van der Waals surface area contributed by atoms with Gasteiger partial charge in [-0.3, -0.25) is 0 Å². The van der Waals surface area contributed by atoms with Crippen LogP contribution in [0.3, 0.4) is 0 Å². The van der Waals surface area contributed by atoms with Gasteiger partial charge in [0.15, 0.2) is 0 Å². The van der Waals surface area contributed by atoms with E-state index in [0.717, 1.165) is 0 Å². The van der Waals surface area contributed by atoms with Gasteiger partial charge in [-0.2, -0.15) is 18.2 Å². The molecule has 0 atom stereocenters. The lowest BCUT2D eigenvalue weighted by molar-refractivity contribution is -0.139. The third-order valence-corrected chi connectivity index (χ3v) is 2.69. The highest BCUT2D eigenvalue weighted by molar-refractivity contribution is 5.62. The summed E-state index contributed by atoms with van der Waals surface area (Å²) in [5.74, 6) is -0.00712. The van der Waals surface area contributed by atoms with E-state index < -0.39 is 17.6 Å². The summed E-state index contributed by atoms with van der Waals surface area (Å²) >= 11 is 0. The van der Waals surface area contributed by atoms with Crippen LogP contribution in [0, 0.1) is 0 Å². The number of halogens is 3. The van der Waals surface area contributed by atoms with Crippen LogP contribution in [0.25, 0.3) is 0 Å². The Bertz CT molecular complexity index is 647. The summed E-state index contributed by atoms with van der Waals surface area (Å²) < 4.78 is 48.6. The average Bonchev–Trinajstić information content (AvgIpc) is 2.47. The maximum absolute atomic E-state index is 12.8. The van der Waals surface area contributed by atoms with Crippen molar-refractivity contribution in [1.82, 2.24) is 9.97 Å². The lowest BCUT2D eigenvalue weighted by atomic mass is 10.3. The fraction of sp³-hybridized carbons (Fsp3) is 0.286. The minimum atomic E-state index is -4.58. The normalized spacial score (nSPS) is 11.1. The number of nitrogens with one attached hydrogen (secondary N) is 1. The van der Waals surface area contributed by atoms with Crippen molar-refractivity contribution in [2.45, 2.75) is 13.1 Å². The van der Waals surface area contributed by atoms with Gasteiger partial charge in [0, 0.05) is 6.20 Å². The molecular weight excluding hydrogens is 299 g/mol. The average molecular weight is 313 g/mol. The number of ether oxygens (including phenoxy) is 2. The first-order valence-corrected chi connectivity index (χ1v) is 6.42. The fourth-order valence-electron chi connectivity index (χ4n) is 1.74. The van der Waals surface area contributed by atoms with E-state index in [0.29, 0.717) is 17.6 Å². The number of hydrogen-bond acceptors (Lipinski definition) is 5. The molecule has 0 bridgehead atoms. The summed E-state index contributed by atoms with van der Waals surface area (Å²) in [5.41, 5.74) is -0.480. The minimum absolute atomic E-state index is 0.0130. The number of nitrogens with zero attached hydrogens (tertiary/aromatic N) is 2. The van der Waals surface area contributed by atoms with Gasteiger partial charge in [0.25, 0.3) is 0 Å². The summed E-state index contributed by atoms with van der Waals surface area (Å²) in [6.45, 7) is 1.64. The number of alkyl halides is 3. The molecule has 0 saturated carbocycles. The largest absolute Gasteiger partial charge is 0.495 e. The topological polar surface area (TPSA) is 56.3 Å². The molecular formula is C14H14F3N3O2. The molecule has 2 aromatic rings. The van der Waals surface area contributed by atoms with E-state index in [1.807, 2.05) is 0 Å². The second-order valence-corrected chi connectivity index (χ2v) is 4.17. The molecule has 1 aromatic carbocycles. The lowest BCUT2D eigenvalue weighted by Crippen LogP contribution is -2.12. The highest BCUT2D eigenvalue weighted by atomic mass is 19.4. The molecule has 1 N–H and O–H groups in total. The first kappa shape index (κ1) is 15.9. The van der Waals surface area contributed by atoms with E-state index in [4.69, 9.17) is 9.47 Å². The zero-order valence-electron chi connectivity index (χ0n) is 11.9. The van der Waals surface area contributed by atoms with E-state index >= 15 is 0 Å². The van der Waals surface area contributed by atoms with Crippen molar-refractivity contribution in [3.63, 3.8) is 0 Å². The summed E-state index contributed by atoms with van der Waals surface area (Å²) in [4.78, 5) is 7.46. The number of aromatic nitrogens is 2. The summed E-state index contributed by atoms with van der Waals surface area (Å²) in [5, 5.41) is 2.81. The maximum Gasteiger partial charge on any atom is 0.423 e. The van der Waals surface area contributed by atoms with Gasteiger partial charge in [-0.15, -0.1) is 0 Å². The van der Waals surface area contributed by atoms with Gasteiger partial charge in [0.05, 0.1) is 19.4 Å². The Labute approximate surface area is 125 Å². The third kappa shape index (κ3) is 3.57. The van der Waals surface area contributed by atoms with Crippen molar-refractivity contribution >= 4 is 11.6 Å². The summed E-state index contributed by atoms with van der Waals surface area (Å²) in [6.07, 6.45) is -3.89. The molecule has 0 amide bonds. The monoisotopic (exact) mass is 313 g/mol. The quantitative estimate of drug-likeness (QED) is 0.913. The highest BCUT2D eigenvalue weighted by Gasteiger charge is 2.36. The second-order valence-electron chi connectivity index (χ2n) is 4.17. The molecule has 0 spiro atoms. The third-order valence-electron chi connectivity index (χ3n) is 2.69. The smallest absolute Gasteiger partial charge is 0.423 e. The van der Waals surface area contributed by atoms with Crippen LogP contribution < -0.4 is 14.8 Å². The van der Waals surface area contributed by atoms with Crippen molar-refractivity contribution < 1.29 is 22.6 Å². The van der Waals surface area contributed by atoms with Crippen molar-refractivity contribution in [3.8, 4) is 11.6 Å². The Kier molecular flexibility index (Phi) is 4.69. The number of hydrogen-bond donors (Lipinski definition) is 1. The van der Waals surface area contributed by atoms with E-state index in [1.54, 1.807) is 31.2 Å². The van der Waals surface area contributed by atoms with Crippen LogP contribution in [0.4, 0.5) is 24.8 Å². The molecule has 0 radical (unpaired) electrons. The van der Waals surface area contributed by atoms with Gasteiger partial charge in [-0.05, 0) is 19.1 Å². The summed E-state index contributed by atoms with van der Waals surface area (Å²) in [7, 11) is 1.49. The summed E-state index contributed by atoms with van der Waals surface area (Å²) in [6, 6.07) is 6.91. The van der Waals surface area contributed by atoms with Crippen LogP contribution in [-0.2, 0) is 6.18 Å². The first-order chi connectivity index (χ1) is 10.5. The molecule has 1 heterocycles. The van der Waals surface area contributed by atoms with Gasteiger partial charge in [0.2, 0.25) is 11.8 Å². The Morgan fingerprint density at radius 3 is 2.59 bits per heavy atom. The first-order valence-electron chi connectivity index (χ1n) is 6.42. The Balaban J connectivity index is 2.34. The molecule has 2 rings (SSSR count). The van der Waals surface area contributed by atoms with Gasteiger partial charge in [0.1, 0.15) is 11.3 Å². The van der Waals surface area contributed by atoms with Crippen molar-refractivity contribution in [2.75, 3.05) is 19.0 Å². The Hall–Kier alpha value is -2.51. The van der Waals surface area contributed by atoms with Crippen molar-refractivity contribution in [3.05, 3.63) is 36.0 Å². The van der Waals surface area contributed by atoms with Crippen molar-refractivity contribution in [1.29, 1.82) is 0 Å². The molecule has 0 unspecified atom stereocenters. The molecule has 5 nitrogen and oxygen atoms in total. The van der Waals surface area contributed by atoms with E-state index in [9.17, 15) is 13.2 Å². The molecule has 0 aliphatic heterocycles. The predicted molar refractivity (Wildman–Crippen MR) is 74.5 cm³/mol. The molecule has 0 aliphatic rings. The van der Waals surface area contributed by atoms with E-state index in [2.05, 4.69) is 15.3 Å². The van der Waals surface area contributed by atoms with Crippen LogP contribution in [0.1, 0.15) is 12.5 Å². The van der Waals surface area contributed by atoms with Gasteiger partial charge >= 0.3 is 6.18 Å². The number of benzene rings is 1. The van der Waals surface area contributed by atoms with E-state index in [-0.39, 0.29) is 12.6 Å². The molecule has 1 aromatic heterocycles. The van der Waals surface area contributed by atoms with Crippen LogP contribution >= 0.6 is 0 Å². The minimum Gasteiger partial charge on any atom is -0.495 e. The number of methoxy groups -OCH3 is 1. The van der Waals surface area contributed by atoms with Crippen molar-refractivity contribution in [2.24, 2.45) is 0 Å². The van der Waals surface area contributed by atoms with E-state index in [1.165, 1.54) is 7.11 Å². The maximum atomic E-state index is 12.8. The standard InChI is InChI=1S/C14H14F3N3O2/c1-3-22-12-9(14(15,16)17)8-18-13(20-12)19-10-6-4-5-7-11(10)21-2/h4-8H,3H2,1-2H3,(H,18,19,20). The molecule has 8 heteroatoms. The van der Waals surface area contributed by atoms with Crippen LogP contribution in [-0.4, -0.2) is 23.7 Å². The van der Waals surface area contributed by atoms with Gasteiger partial charge in [-0.25, -0.2) is 4.98 Å². The zero-order valence-corrected chi connectivity index (χ0v) is 11.9. The van der Waals surface area contributed by atoms with Crippen LogP contribution in [0.2, 0.25) is 0 Å². The SMILES string of the molecule is CCOc1nc(Nc2ccccc2OC)ncc1C(F)(F)F. The molecule has 118 valence electrons. The number of para-hydroxylation sites is 2. The highest BCUT2D eigenvalue weighted by Crippen LogP contribution is 2.35. The molecule has 0 fully saturated rings. The van der Waals surface area contributed by atoms with Gasteiger partial charge < -0.3 is 14.8 Å².